The first kappa shape index (κ1) is 27.0. The van der Waals surface area contributed by atoms with Crippen molar-refractivity contribution >= 4 is 54.1 Å². The zero-order valence-corrected chi connectivity index (χ0v) is 20.4. The van der Waals surface area contributed by atoms with Gasteiger partial charge in [0.15, 0.2) is 0 Å². The van der Waals surface area contributed by atoms with Crippen LogP contribution < -0.4 is 10.6 Å². The van der Waals surface area contributed by atoms with Gasteiger partial charge in [0.25, 0.3) is 17.8 Å². The van der Waals surface area contributed by atoms with Crippen LogP contribution in [0.2, 0.25) is 10.0 Å². The number of carbonyl (C=O) groups excluding carboxylic acids is 4. The maximum atomic E-state index is 12.6. The molecule has 2 rings (SSSR count). The van der Waals surface area contributed by atoms with Crippen molar-refractivity contribution in [3.63, 3.8) is 0 Å². The molecule has 2 N–H and O–H groups in total. The first-order chi connectivity index (χ1) is 15.5. The second kappa shape index (κ2) is 12.8. The number of carbonyl (C=O) groups is 4. The monoisotopic (exact) mass is 499 g/mol. The minimum absolute atomic E-state index is 0.0918. The van der Waals surface area contributed by atoms with E-state index >= 15 is 0 Å². The summed E-state index contributed by atoms with van der Waals surface area (Å²) in [7, 11) is 0.532. The fourth-order valence-corrected chi connectivity index (χ4v) is 3.55. The van der Waals surface area contributed by atoms with Gasteiger partial charge >= 0.3 is 7.12 Å². The topological polar surface area (TPSA) is 114 Å². The molecule has 0 aromatic heterocycles. The van der Waals surface area contributed by atoms with Crippen molar-refractivity contribution in [2.24, 2.45) is 5.92 Å². The van der Waals surface area contributed by atoms with E-state index in [1.807, 2.05) is 18.7 Å². The minimum Gasteiger partial charge on any atom is -0.498 e. The molecule has 1 fully saturated rings. The lowest BCUT2D eigenvalue weighted by Gasteiger charge is -2.27. The lowest BCUT2D eigenvalue weighted by Crippen LogP contribution is -2.54. The van der Waals surface area contributed by atoms with Gasteiger partial charge in [0, 0.05) is 18.1 Å². The second-order valence-electron chi connectivity index (χ2n) is 8.26. The van der Waals surface area contributed by atoms with Crippen molar-refractivity contribution in [3.05, 3.63) is 33.8 Å². The molecule has 1 atom stereocenters. The number of rotatable bonds is 7. The highest BCUT2D eigenvalue weighted by atomic mass is 35.5. The summed E-state index contributed by atoms with van der Waals surface area (Å²) in [4.78, 5) is 51.3. The van der Waals surface area contributed by atoms with Crippen LogP contribution in [0.3, 0.4) is 0 Å². The Morgan fingerprint density at radius 1 is 1.12 bits per heavy atom. The van der Waals surface area contributed by atoms with Gasteiger partial charge in [-0.3, -0.25) is 19.2 Å². The van der Waals surface area contributed by atoms with Crippen LogP contribution in [0.4, 0.5) is 0 Å². The molecule has 9 nitrogen and oxygen atoms in total. The predicted octanol–water partition coefficient (Wildman–Crippen LogP) is 2.09. The fraction of sp³-hybridized carbons (Fsp3) is 0.524. The molecule has 0 unspecified atom stereocenters. The van der Waals surface area contributed by atoms with E-state index in [2.05, 4.69) is 10.6 Å². The average Bonchev–Trinajstić information content (AvgIpc) is 2.74. The standard InChI is InChI=1S/C21H28BCl2N3O6/c1-13(2)10-17(22-32-19(29)6-8-27(3)9-7-20(30)33-22)26-18(28)12-25-21(31)15-11-14(23)4-5-16(15)24/h4-5,11,13,17H,6-10,12H2,1-3H3,(H,25,31)(H,26,28)/t17-/m0/s1. The summed E-state index contributed by atoms with van der Waals surface area (Å²) in [5.41, 5.74) is 0.135. The van der Waals surface area contributed by atoms with Gasteiger partial charge in [-0.05, 0) is 37.6 Å². The van der Waals surface area contributed by atoms with E-state index in [0.717, 1.165) is 0 Å². The van der Waals surface area contributed by atoms with Crippen molar-refractivity contribution in [3.8, 4) is 0 Å². The quantitative estimate of drug-likeness (QED) is 0.552. The third kappa shape index (κ3) is 9.23. The van der Waals surface area contributed by atoms with Crippen molar-refractivity contribution in [1.82, 2.24) is 15.5 Å². The Morgan fingerprint density at radius 3 is 2.30 bits per heavy atom. The highest BCUT2D eigenvalue weighted by Crippen LogP contribution is 2.20. The zero-order valence-electron chi connectivity index (χ0n) is 18.9. The Hall–Kier alpha value is -2.30. The molecule has 33 heavy (non-hydrogen) atoms. The number of hydrogen-bond acceptors (Lipinski definition) is 7. The van der Waals surface area contributed by atoms with E-state index in [-0.39, 0.29) is 35.9 Å². The van der Waals surface area contributed by atoms with Gasteiger partial charge in [-0.25, -0.2) is 0 Å². The van der Waals surface area contributed by atoms with Crippen LogP contribution in [0.25, 0.3) is 0 Å². The highest BCUT2D eigenvalue weighted by molar-refractivity contribution is 6.51. The molecule has 2 amide bonds. The maximum absolute atomic E-state index is 12.6. The van der Waals surface area contributed by atoms with Crippen LogP contribution in [-0.2, 0) is 23.7 Å². The number of amides is 2. The third-order valence-electron chi connectivity index (χ3n) is 4.87. The molecule has 1 aromatic rings. The van der Waals surface area contributed by atoms with E-state index in [4.69, 9.17) is 32.5 Å². The molecule has 0 saturated carbocycles. The summed E-state index contributed by atoms with van der Waals surface area (Å²) >= 11 is 11.9. The Bertz CT molecular complexity index is 864. The minimum atomic E-state index is -1.27. The smallest absolute Gasteiger partial charge is 0.498 e. The van der Waals surface area contributed by atoms with Gasteiger partial charge in [0.2, 0.25) is 5.91 Å². The van der Waals surface area contributed by atoms with Crippen molar-refractivity contribution in [2.45, 2.75) is 39.1 Å². The molecule has 1 aliphatic heterocycles. The van der Waals surface area contributed by atoms with Crippen LogP contribution in [0.1, 0.15) is 43.5 Å². The Balaban J connectivity index is 2.05. The molecular formula is C21H28BCl2N3O6. The van der Waals surface area contributed by atoms with Gasteiger partial charge in [-0.15, -0.1) is 0 Å². The van der Waals surface area contributed by atoms with Gasteiger partial charge in [0.05, 0.1) is 35.9 Å². The molecule has 12 heteroatoms. The molecule has 1 saturated heterocycles. The molecule has 1 aromatic carbocycles. The van der Waals surface area contributed by atoms with Crippen LogP contribution in [0.15, 0.2) is 18.2 Å². The SMILES string of the molecule is CC(C)C[C@H](NC(=O)CNC(=O)c1cc(Cl)ccc1Cl)B1OC(=O)CCN(C)CCC(=O)O1. The van der Waals surface area contributed by atoms with E-state index in [1.165, 1.54) is 12.1 Å². The number of nitrogens with one attached hydrogen (secondary N) is 2. The molecule has 180 valence electrons. The van der Waals surface area contributed by atoms with E-state index in [1.54, 1.807) is 13.1 Å². The average molecular weight is 500 g/mol. The summed E-state index contributed by atoms with van der Waals surface area (Å²) in [5.74, 6) is -2.87. The number of nitrogens with zero attached hydrogens (tertiary/aromatic N) is 1. The third-order valence-corrected chi connectivity index (χ3v) is 5.44. The van der Waals surface area contributed by atoms with E-state index < -0.39 is 36.8 Å². The van der Waals surface area contributed by atoms with Gasteiger partial charge in [-0.1, -0.05) is 37.0 Å². The van der Waals surface area contributed by atoms with Crippen LogP contribution >= 0.6 is 23.2 Å². The van der Waals surface area contributed by atoms with E-state index in [0.29, 0.717) is 24.5 Å². The summed E-state index contributed by atoms with van der Waals surface area (Å²) in [6, 6.07) is 4.43. The van der Waals surface area contributed by atoms with Gasteiger partial charge in [-0.2, -0.15) is 0 Å². The van der Waals surface area contributed by atoms with Gasteiger partial charge in [0.1, 0.15) is 0 Å². The molecule has 0 aliphatic carbocycles. The number of benzene rings is 1. The Labute approximate surface area is 203 Å². The summed E-state index contributed by atoms with van der Waals surface area (Å²) in [6.07, 6.45) is 0.637. The van der Waals surface area contributed by atoms with Crippen molar-refractivity contribution < 1.29 is 28.5 Å². The lowest BCUT2D eigenvalue weighted by molar-refractivity contribution is -0.142. The predicted molar refractivity (Wildman–Crippen MR) is 125 cm³/mol. The van der Waals surface area contributed by atoms with Crippen molar-refractivity contribution in [2.75, 3.05) is 26.7 Å². The van der Waals surface area contributed by atoms with Crippen LogP contribution in [0, 0.1) is 5.92 Å². The highest BCUT2D eigenvalue weighted by Gasteiger charge is 2.39. The summed E-state index contributed by atoms with van der Waals surface area (Å²) in [5, 5.41) is 5.71. The normalized spacial score (nSPS) is 16.6. The van der Waals surface area contributed by atoms with Crippen LogP contribution in [0.5, 0.6) is 0 Å². The second-order valence-corrected chi connectivity index (χ2v) is 9.11. The molecule has 1 heterocycles. The summed E-state index contributed by atoms with van der Waals surface area (Å²) < 4.78 is 10.8. The first-order valence-electron chi connectivity index (χ1n) is 10.6. The van der Waals surface area contributed by atoms with Crippen molar-refractivity contribution in [1.29, 1.82) is 0 Å². The number of halogens is 2. The lowest BCUT2D eigenvalue weighted by atomic mass is 9.73. The fourth-order valence-electron chi connectivity index (χ4n) is 3.17. The maximum Gasteiger partial charge on any atom is 0.622 e. The molecule has 0 bridgehead atoms. The zero-order chi connectivity index (χ0) is 24.5. The largest absolute Gasteiger partial charge is 0.622 e. The molecule has 0 spiro atoms. The summed E-state index contributed by atoms with van der Waals surface area (Å²) in [6.45, 7) is 4.35. The van der Waals surface area contributed by atoms with E-state index in [9.17, 15) is 19.2 Å². The molecular weight excluding hydrogens is 472 g/mol. The Kier molecular flexibility index (Phi) is 10.5. The number of hydrogen-bond donors (Lipinski definition) is 2. The van der Waals surface area contributed by atoms with Gasteiger partial charge < -0.3 is 24.8 Å². The Morgan fingerprint density at radius 2 is 1.73 bits per heavy atom. The first-order valence-corrected chi connectivity index (χ1v) is 11.4. The van der Waals surface area contributed by atoms with Crippen LogP contribution in [-0.4, -0.2) is 68.4 Å². The molecule has 0 radical (unpaired) electrons. The molecule has 1 aliphatic rings.